The maximum Gasteiger partial charge on any atom is 0.257 e. The lowest BCUT2D eigenvalue weighted by Crippen LogP contribution is -2.13. The largest absolute Gasteiger partial charge is 0.322 e. The average molecular weight is 397 g/mol. The molecule has 1 N–H and O–H groups in total. The number of aryl methyl sites for hydroxylation is 1. The van der Waals surface area contributed by atoms with E-state index in [1.54, 1.807) is 29.1 Å². The summed E-state index contributed by atoms with van der Waals surface area (Å²) in [6.45, 7) is 1.90. The van der Waals surface area contributed by atoms with Crippen LogP contribution in [0.4, 0.5) is 5.69 Å². The van der Waals surface area contributed by atoms with Crippen molar-refractivity contribution >= 4 is 45.8 Å². The smallest absolute Gasteiger partial charge is 0.257 e. The third-order valence-corrected chi connectivity index (χ3v) is 4.69. The van der Waals surface area contributed by atoms with Crippen LogP contribution in [0.2, 0.25) is 10.0 Å². The van der Waals surface area contributed by atoms with E-state index in [-0.39, 0.29) is 5.91 Å². The number of aromatic nitrogens is 3. The van der Waals surface area contributed by atoms with Gasteiger partial charge in [-0.3, -0.25) is 4.79 Å². The Morgan fingerprint density at radius 2 is 1.67 bits per heavy atom. The number of nitrogens with one attached hydrogen (secondary N) is 1. The fourth-order valence-corrected chi connectivity index (χ4v) is 3.24. The Kier molecular flexibility index (Phi) is 4.56. The number of anilines is 1. The zero-order valence-corrected chi connectivity index (χ0v) is 15.8. The first-order valence-electron chi connectivity index (χ1n) is 8.21. The Balaban J connectivity index is 1.68. The number of para-hydroxylation sites is 1. The topological polar surface area (TPSA) is 59.8 Å². The Morgan fingerprint density at radius 1 is 0.963 bits per heavy atom. The van der Waals surface area contributed by atoms with Crippen LogP contribution in [-0.4, -0.2) is 20.9 Å². The van der Waals surface area contributed by atoms with Crippen molar-refractivity contribution in [1.29, 1.82) is 0 Å². The number of benzene rings is 3. The highest BCUT2D eigenvalue weighted by atomic mass is 35.5. The van der Waals surface area contributed by atoms with Gasteiger partial charge in [-0.05, 0) is 55.0 Å². The minimum atomic E-state index is -0.311. The molecule has 7 heteroatoms. The van der Waals surface area contributed by atoms with Crippen LogP contribution in [0.15, 0.2) is 60.7 Å². The molecule has 0 aliphatic rings. The van der Waals surface area contributed by atoms with Gasteiger partial charge in [0.15, 0.2) is 0 Å². The number of nitrogens with zero attached hydrogens (tertiary/aromatic N) is 3. The molecule has 1 heterocycles. The van der Waals surface area contributed by atoms with E-state index in [2.05, 4.69) is 15.5 Å². The molecule has 0 bridgehead atoms. The number of hydrogen-bond donors (Lipinski definition) is 1. The number of hydrogen-bond acceptors (Lipinski definition) is 3. The highest BCUT2D eigenvalue weighted by Crippen LogP contribution is 2.25. The van der Waals surface area contributed by atoms with Gasteiger partial charge in [0.25, 0.3) is 5.91 Å². The molecule has 0 saturated heterocycles. The SMILES string of the molecule is Cc1cc2nn(-c3ccccc3)nc2cc1NC(=O)c1ccc(Cl)cc1Cl. The normalized spacial score (nSPS) is 10.9. The van der Waals surface area contributed by atoms with Crippen molar-refractivity contribution < 1.29 is 4.79 Å². The van der Waals surface area contributed by atoms with Crippen LogP contribution in [0.5, 0.6) is 0 Å². The fourth-order valence-electron chi connectivity index (χ4n) is 2.74. The number of rotatable bonds is 3. The number of fused-ring (bicyclic) bond motifs is 1. The van der Waals surface area contributed by atoms with E-state index in [4.69, 9.17) is 23.2 Å². The highest BCUT2D eigenvalue weighted by Gasteiger charge is 2.14. The monoisotopic (exact) mass is 396 g/mol. The van der Waals surface area contributed by atoms with E-state index in [1.807, 2.05) is 43.3 Å². The summed E-state index contributed by atoms with van der Waals surface area (Å²) in [5.74, 6) is -0.311. The molecular weight excluding hydrogens is 383 g/mol. The molecule has 27 heavy (non-hydrogen) atoms. The molecule has 0 unspecified atom stereocenters. The van der Waals surface area contributed by atoms with Crippen molar-refractivity contribution in [2.75, 3.05) is 5.32 Å². The summed E-state index contributed by atoms with van der Waals surface area (Å²) in [5, 5.41) is 12.7. The number of carbonyl (C=O) groups is 1. The van der Waals surface area contributed by atoms with E-state index in [0.717, 1.165) is 16.8 Å². The van der Waals surface area contributed by atoms with Gasteiger partial charge in [-0.2, -0.15) is 4.80 Å². The van der Waals surface area contributed by atoms with Gasteiger partial charge in [0.05, 0.1) is 16.3 Å². The van der Waals surface area contributed by atoms with Crippen molar-refractivity contribution in [3.05, 3.63) is 81.8 Å². The first kappa shape index (κ1) is 17.5. The standard InChI is InChI=1S/C20H14Cl2N4O/c1-12-9-18-19(25-26(24-18)14-5-3-2-4-6-14)11-17(12)23-20(27)15-8-7-13(21)10-16(15)22/h2-11H,1H3,(H,23,27). The number of amides is 1. The van der Waals surface area contributed by atoms with Crippen LogP contribution in [0.25, 0.3) is 16.7 Å². The average Bonchev–Trinajstić information content (AvgIpc) is 3.05. The minimum Gasteiger partial charge on any atom is -0.322 e. The van der Waals surface area contributed by atoms with Crippen LogP contribution >= 0.6 is 23.2 Å². The van der Waals surface area contributed by atoms with E-state index in [0.29, 0.717) is 26.8 Å². The molecular formula is C20H14Cl2N4O. The van der Waals surface area contributed by atoms with Crippen molar-refractivity contribution in [2.45, 2.75) is 6.92 Å². The molecule has 0 saturated carbocycles. The van der Waals surface area contributed by atoms with Crippen molar-refractivity contribution in [1.82, 2.24) is 15.0 Å². The molecule has 134 valence electrons. The van der Waals surface area contributed by atoms with Gasteiger partial charge in [0.1, 0.15) is 11.0 Å². The summed E-state index contributed by atoms with van der Waals surface area (Å²) < 4.78 is 0. The summed E-state index contributed by atoms with van der Waals surface area (Å²) in [6, 6.07) is 18.1. The van der Waals surface area contributed by atoms with Gasteiger partial charge in [-0.25, -0.2) is 0 Å². The second kappa shape index (κ2) is 7.02. The summed E-state index contributed by atoms with van der Waals surface area (Å²) in [5.41, 5.74) is 4.18. The van der Waals surface area contributed by atoms with Crippen LogP contribution in [0.3, 0.4) is 0 Å². The molecule has 0 atom stereocenters. The molecule has 4 rings (SSSR count). The quantitative estimate of drug-likeness (QED) is 0.511. The van der Waals surface area contributed by atoms with E-state index >= 15 is 0 Å². The van der Waals surface area contributed by atoms with Crippen LogP contribution in [0, 0.1) is 6.92 Å². The zero-order valence-electron chi connectivity index (χ0n) is 14.3. The Labute approximate surface area is 165 Å². The predicted octanol–water partition coefficient (Wildman–Crippen LogP) is 5.29. The van der Waals surface area contributed by atoms with Gasteiger partial charge in [-0.1, -0.05) is 41.4 Å². The second-order valence-corrected chi connectivity index (χ2v) is 6.90. The summed E-state index contributed by atoms with van der Waals surface area (Å²) in [7, 11) is 0. The maximum atomic E-state index is 12.6. The van der Waals surface area contributed by atoms with Crippen LogP contribution < -0.4 is 5.32 Å². The molecule has 0 radical (unpaired) electrons. The molecule has 0 aliphatic heterocycles. The molecule has 1 amide bonds. The van der Waals surface area contributed by atoms with E-state index < -0.39 is 0 Å². The van der Waals surface area contributed by atoms with Gasteiger partial charge >= 0.3 is 0 Å². The lowest BCUT2D eigenvalue weighted by Gasteiger charge is -2.09. The molecule has 3 aromatic carbocycles. The molecule has 1 aromatic heterocycles. The van der Waals surface area contributed by atoms with Gasteiger partial charge in [0.2, 0.25) is 0 Å². The first-order chi connectivity index (χ1) is 13.0. The van der Waals surface area contributed by atoms with Gasteiger partial charge < -0.3 is 5.32 Å². The lowest BCUT2D eigenvalue weighted by molar-refractivity contribution is 0.102. The zero-order chi connectivity index (χ0) is 19.0. The fraction of sp³-hybridized carbons (Fsp3) is 0.0500. The summed E-state index contributed by atoms with van der Waals surface area (Å²) in [4.78, 5) is 14.2. The third kappa shape index (κ3) is 3.52. The molecule has 0 fully saturated rings. The van der Waals surface area contributed by atoms with Crippen molar-refractivity contribution in [2.24, 2.45) is 0 Å². The first-order valence-corrected chi connectivity index (χ1v) is 8.96. The Morgan fingerprint density at radius 3 is 2.37 bits per heavy atom. The van der Waals surface area contributed by atoms with Gasteiger partial charge in [-0.15, -0.1) is 10.2 Å². The summed E-state index contributed by atoms with van der Waals surface area (Å²) in [6.07, 6.45) is 0. The van der Waals surface area contributed by atoms with Crippen molar-refractivity contribution in [3.8, 4) is 5.69 Å². The predicted molar refractivity (Wildman–Crippen MR) is 108 cm³/mol. The summed E-state index contributed by atoms with van der Waals surface area (Å²) >= 11 is 12.0. The van der Waals surface area contributed by atoms with Crippen LogP contribution in [0.1, 0.15) is 15.9 Å². The van der Waals surface area contributed by atoms with Gasteiger partial charge in [0, 0.05) is 10.7 Å². The Hall–Kier alpha value is -2.89. The molecule has 0 spiro atoms. The number of halogens is 2. The molecule has 4 aromatic rings. The molecule has 5 nitrogen and oxygen atoms in total. The highest BCUT2D eigenvalue weighted by molar-refractivity contribution is 6.37. The van der Waals surface area contributed by atoms with Crippen molar-refractivity contribution in [3.63, 3.8) is 0 Å². The lowest BCUT2D eigenvalue weighted by atomic mass is 10.1. The third-order valence-electron chi connectivity index (χ3n) is 4.14. The molecule has 0 aliphatic carbocycles. The van der Waals surface area contributed by atoms with E-state index in [9.17, 15) is 4.79 Å². The van der Waals surface area contributed by atoms with Crippen LogP contribution in [-0.2, 0) is 0 Å². The number of carbonyl (C=O) groups excluding carboxylic acids is 1. The second-order valence-electron chi connectivity index (χ2n) is 6.06. The van der Waals surface area contributed by atoms with E-state index in [1.165, 1.54) is 0 Å². The Bertz CT molecular complexity index is 1160. The maximum absolute atomic E-state index is 12.6. The minimum absolute atomic E-state index is 0.300.